The minimum atomic E-state index is -1.33. The summed E-state index contributed by atoms with van der Waals surface area (Å²) in [6.45, 7) is 3.26. The van der Waals surface area contributed by atoms with Gasteiger partial charge in [-0.15, -0.1) is 0 Å². The van der Waals surface area contributed by atoms with Crippen LogP contribution in [0.4, 0.5) is 4.79 Å². The first-order valence-corrected chi connectivity index (χ1v) is 1.77. The number of methoxy groups -OCH3 is 1. The Bertz CT molecular complexity index is 67.7. The number of hydrogen-bond acceptors (Lipinski definition) is 2. The third kappa shape index (κ3) is 1930. The molecule has 0 saturated heterocycles. The molecular formula is C4H9NO3. The Kier molecular flexibility index (Phi) is 11.5. The van der Waals surface area contributed by atoms with E-state index in [9.17, 15) is 0 Å². The average Bonchev–Trinajstić information content (AvgIpc) is 1.65. The second-order valence-corrected chi connectivity index (χ2v) is 0.741. The molecule has 4 heteroatoms. The maximum atomic E-state index is 8.78. The molecule has 0 spiro atoms. The SMILES string of the molecule is C=COC.NC(=O)O. The maximum absolute atomic E-state index is 8.78. The van der Waals surface area contributed by atoms with Crippen molar-refractivity contribution in [3.05, 3.63) is 12.8 Å². The van der Waals surface area contributed by atoms with E-state index in [1.807, 2.05) is 0 Å². The topological polar surface area (TPSA) is 72.5 Å². The lowest BCUT2D eigenvalue weighted by Crippen LogP contribution is -2.03. The lowest BCUT2D eigenvalue weighted by molar-refractivity contribution is 0.205. The molecule has 0 aliphatic rings. The zero-order valence-corrected chi connectivity index (χ0v) is 4.63. The van der Waals surface area contributed by atoms with Crippen LogP contribution in [0.5, 0.6) is 0 Å². The fraction of sp³-hybridized carbons (Fsp3) is 0.250. The summed E-state index contributed by atoms with van der Waals surface area (Å²) in [5.74, 6) is 0. The molecule has 0 aromatic carbocycles. The van der Waals surface area contributed by atoms with E-state index in [-0.39, 0.29) is 0 Å². The fourth-order valence-corrected chi connectivity index (χ4v) is 0. The fourth-order valence-electron chi connectivity index (χ4n) is 0. The number of amides is 1. The number of carbonyl (C=O) groups is 1. The smallest absolute Gasteiger partial charge is 0.402 e. The standard InChI is InChI=1S/C3H6O.CH3NO2/c1-3-4-2;2-1(3)4/h3H,1H2,2H3;2H2,(H,3,4). The van der Waals surface area contributed by atoms with E-state index in [0.29, 0.717) is 0 Å². The lowest BCUT2D eigenvalue weighted by atomic mass is 11.2. The molecule has 0 radical (unpaired) electrons. The molecule has 0 unspecified atom stereocenters. The second-order valence-electron chi connectivity index (χ2n) is 0.741. The van der Waals surface area contributed by atoms with Gasteiger partial charge in [0, 0.05) is 0 Å². The first-order chi connectivity index (χ1) is 3.65. The van der Waals surface area contributed by atoms with Gasteiger partial charge in [-0.05, 0) is 0 Å². The minimum absolute atomic E-state index is 1.33. The molecule has 0 bridgehead atoms. The summed E-state index contributed by atoms with van der Waals surface area (Å²) in [7, 11) is 1.56. The number of carboxylic acid groups (broad SMARTS) is 1. The monoisotopic (exact) mass is 119 g/mol. The average molecular weight is 119 g/mol. The number of ether oxygens (including phenoxy) is 1. The van der Waals surface area contributed by atoms with E-state index in [1.54, 1.807) is 7.11 Å². The third-order valence-corrected chi connectivity index (χ3v) is 0.167. The van der Waals surface area contributed by atoms with Crippen molar-refractivity contribution in [2.75, 3.05) is 7.11 Å². The van der Waals surface area contributed by atoms with E-state index in [1.165, 1.54) is 6.26 Å². The van der Waals surface area contributed by atoms with Gasteiger partial charge in [0.25, 0.3) is 0 Å². The first kappa shape index (κ1) is 9.94. The molecule has 4 nitrogen and oxygen atoms in total. The minimum Gasteiger partial charge on any atom is -0.505 e. The van der Waals surface area contributed by atoms with Crippen molar-refractivity contribution in [1.29, 1.82) is 0 Å². The van der Waals surface area contributed by atoms with Gasteiger partial charge in [0.1, 0.15) is 0 Å². The van der Waals surface area contributed by atoms with Crippen molar-refractivity contribution >= 4 is 6.09 Å². The molecule has 3 N–H and O–H groups in total. The number of primary amides is 1. The van der Waals surface area contributed by atoms with Crippen LogP contribution in [0.2, 0.25) is 0 Å². The summed E-state index contributed by atoms with van der Waals surface area (Å²) in [6, 6.07) is 0. The molecule has 48 valence electrons. The van der Waals surface area contributed by atoms with E-state index in [2.05, 4.69) is 17.0 Å². The lowest BCUT2D eigenvalue weighted by Gasteiger charge is -1.73. The molecule has 0 aromatic heterocycles. The molecule has 0 aliphatic heterocycles. The van der Waals surface area contributed by atoms with Crippen LogP contribution < -0.4 is 5.73 Å². The van der Waals surface area contributed by atoms with Crippen LogP contribution in [0.15, 0.2) is 12.8 Å². The summed E-state index contributed by atoms with van der Waals surface area (Å²) in [5, 5.41) is 7.19. The number of rotatable bonds is 1. The first-order valence-electron chi connectivity index (χ1n) is 1.77. The highest BCUT2D eigenvalue weighted by atomic mass is 16.5. The molecule has 0 aliphatic carbocycles. The molecule has 0 heterocycles. The summed E-state index contributed by atoms with van der Waals surface area (Å²) in [6.07, 6.45) is 0.0417. The predicted molar refractivity (Wildman–Crippen MR) is 29.4 cm³/mol. The molecule has 0 atom stereocenters. The van der Waals surface area contributed by atoms with Gasteiger partial charge in [-0.2, -0.15) is 0 Å². The Morgan fingerprint density at radius 3 is 2.12 bits per heavy atom. The van der Waals surface area contributed by atoms with Gasteiger partial charge in [-0.1, -0.05) is 6.58 Å². The van der Waals surface area contributed by atoms with Crippen molar-refractivity contribution in [3.8, 4) is 0 Å². The Morgan fingerprint density at radius 1 is 2.00 bits per heavy atom. The zero-order chi connectivity index (χ0) is 6.99. The maximum Gasteiger partial charge on any atom is 0.402 e. The van der Waals surface area contributed by atoms with Gasteiger partial charge in [-0.3, -0.25) is 0 Å². The number of hydrogen-bond donors (Lipinski definition) is 2. The Balaban J connectivity index is 0. The normalized spacial score (nSPS) is 5.62. The molecule has 0 saturated carbocycles. The molecule has 8 heavy (non-hydrogen) atoms. The molecular weight excluding hydrogens is 110 g/mol. The van der Waals surface area contributed by atoms with Crippen molar-refractivity contribution in [2.45, 2.75) is 0 Å². The predicted octanol–water partition coefficient (Wildman–Crippen LogP) is 0.399. The molecule has 1 amide bonds. The van der Waals surface area contributed by atoms with Crippen LogP contribution in [-0.4, -0.2) is 18.3 Å². The third-order valence-electron chi connectivity index (χ3n) is 0.167. The van der Waals surface area contributed by atoms with Gasteiger partial charge in [0.2, 0.25) is 0 Å². The van der Waals surface area contributed by atoms with Gasteiger partial charge in [0.05, 0.1) is 13.4 Å². The van der Waals surface area contributed by atoms with Crippen molar-refractivity contribution in [2.24, 2.45) is 5.73 Å². The van der Waals surface area contributed by atoms with Crippen LogP contribution in [0.3, 0.4) is 0 Å². The highest BCUT2D eigenvalue weighted by Crippen LogP contribution is 1.52. The van der Waals surface area contributed by atoms with Crippen molar-refractivity contribution in [1.82, 2.24) is 0 Å². The Morgan fingerprint density at radius 2 is 2.12 bits per heavy atom. The Hall–Kier alpha value is -1.19. The van der Waals surface area contributed by atoms with Gasteiger partial charge < -0.3 is 15.6 Å². The van der Waals surface area contributed by atoms with Crippen LogP contribution in [0.25, 0.3) is 0 Å². The molecule has 0 rings (SSSR count). The highest BCUT2D eigenvalue weighted by Gasteiger charge is 1.65. The van der Waals surface area contributed by atoms with Crippen LogP contribution in [0, 0.1) is 0 Å². The molecule has 0 aromatic rings. The van der Waals surface area contributed by atoms with E-state index < -0.39 is 6.09 Å². The van der Waals surface area contributed by atoms with Crippen molar-refractivity contribution < 1.29 is 14.6 Å². The number of nitrogens with two attached hydrogens (primary N) is 1. The highest BCUT2D eigenvalue weighted by molar-refractivity contribution is 5.61. The zero-order valence-electron chi connectivity index (χ0n) is 4.63. The van der Waals surface area contributed by atoms with E-state index in [0.717, 1.165) is 0 Å². The summed E-state index contributed by atoms with van der Waals surface area (Å²) in [5.41, 5.74) is 4.03. The van der Waals surface area contributed by atoms with E-state index in [4.69, 9.17) is 9.90 Å². The summed E-state index contributed by atoms with van der Waals surface area (Å²) in [4.78, 5) is 8.78. The Labute approximate surface area is 47.6 Å². The van der Waals surface area contributed by atoms with E-state index >= 15 is 0 Å². The van der Waals surface area contributed by atoms with Crippen LogP contribution >= 0.6 is 0 Å². The van der Waals surface area contributed by atoms with Gasteiger partial charge in [-0.25, -0.2) is 4.79 Å². The quantitative estimate of drug-likeness (QED) is 0.490. The van der Waals surface area contributed by atoms with Gasteiger partial charge >= 0.3 is 6.09 Å². The van der Waals surface area contributed by atoms with Gasteiger partial charge in [0.15, 0.2) is 0 Å². The largest absolute Gasteiger partial charge is 0.505 e. The van der Waals surface area contributed by atoms with Crippen LogP contribution in [-0.2, 0) is 4.74 Å². The summed E-state index contributed by atoms with van der Waals surface area (Å²) < 4.78 is 4.31. The van der Waals surface area contributed by atoms with Crippen molar-refractivity contribution in [3.63, 3.8) is 0 Å². The van der Waals surface area contributed by atoms with Crippen LogP contribution in [0.1, 0.15) is 0 Å². The summed E-state index contributed by atoms with van der Waals surface area (Å²) >= 11 is 0. The second kappa shape index (κ2) is 9.26. The molecule has 0 fully saturated rings.